The van der Waals surface area contributed by atoms with Gasteiger partial charge >= 0.3 is 0 Å². The minimum Gasteiger partial charge on any atom is -0.336 e. The number of carbonyl (C=O) groups is 1. The lowest BCUT2D eigenvalue weighted by atomic mass is 9.99. The lowest BCUT2D eigenvalue weighted by Gasteiger charge is -2.29. The van der Waals surface area contributed by atoms with E-state index < -0.39 is 0 Å². The maximum Gasteiger partial charge on any atom is 0.262 e. The molecule has 0 radical (unpaired) electrons. The molecule has 0 atom stereocenters. The van der Waals surface area contributed by atoms with E-state index in [0.717, 1.165) is 16.0 Å². The van der Waals surface area contributed by atoms with Crippen LogP contribution in [0.2, 0.25) is 0 Å². The van der Waals surface area contributed by atoms with Crippen molar-refractivity contribution in [3.8, 4) is 10.4 Å². The Labute approximate surface area is 176 Å². The summed E-state index contributed by atoms with van der Waals surface area (Å²) < 4.78 is 15.5. The van der Waals surface area contributed by atoms with Gasteiger partial charge in [-0.15, -0.1) is 11.3 Å². The Morgan fingerprint density at radius 1 is 1.13 bits per heavy atom. The number of halogens is 1. The van der Waals surface area contributed by atoms with Crippen LogP contribution in [0, 0.1) is 5.82 Å². The number of hydrogen-bond donors (Lipinski definition) is 0. The van der Waals surface area contributed by atoms with Crippen molar-refractivity contribution in [2.75, 3.05) is 6.54 Å². The third kappa shape index (κ3) is 3.31. The fourth-order valence-electron chi connectivity index (χ4n) is 3.82. The quantitative estimate of drug-likeness (QED) is 0.507. The zero-order valence-electron chi connectivity index (χ0n) is 16.0. The highest BCUT2D eigenvalue weighted by Crippen LogP contribution is 2.30. The standard InChI is InChI=1S/C23H18FN3O2S/c24-19-8-4-7-15-9-10-26(12-18(15)19)21(28)13-27-14-25-22-17(23(27)29)11-20(30-22)16-5-2-1-3-6-16/h1-8,11,14H,9-10,12-13H2. The molecule has 3 heterocycles. The normalized spacial score (nSPS) is 13.4. The second-order valence-electron chi connectivity index (χ2n) is 7.32. The van der Waals surface area contributed by atoms with E-state index in [9.17, 15) is 14.0 Å². The Morgan fingerprint density at radius 2 is 1.97 bits per heavy atom. The molecule has 0 saturated heterocycles. The van der Waals surface area contributed by atoms with Gasteiger partial charge in [0.2, 0.25) is 5.91 Å². The number of benzene rings is 2. The molecule has 5 rings (SSSR count). The fourth-order valence-corrected chi connectivity index (χ4v) is 4.81. The van der Waals surface area contributed by atoms with Gasteiger partial charge in [0.1, 0.15) is 17.2 Å². The first-order chi connectivity index (χ1) is 14.6. The van der Waals surface area contributed by atoms with Gasteiger partial charge in [0.25, 0.3) is 5.56 Å². The molecule has 30 heavy (non-hydrogen) atoms. The molecule has 4 aromatic rings. The van der Waals surface area contributed by atoms with Crippen LogP contribution < -0.4 is 5.56 Å². The fraction of sp³-hybridized carbons (Fsp3) is 0.174. The second kappa shape index (κ2) is 7.50. The maximum atomic E-state index is 14.1. The monoisotopic (exact) mass is 419 g/mol. The first-order valence-electron chi connectivity index (χ1n) is 9.68. The van der Waals surface area contributed by atoms with E-state index in [0.29, 0.717) is 28.7 Å². The molecule has 0 saturated carbocycles. The molecule has 2 aromatic heterocycles. The number of rotatable bonds is 3. The minimum atomic E-state index is -0.294. The highest BCUT2D eigenvalue weighted by molar-refractivity contribution is 7.21. The lowest BCUT2D eigenvalue weighted by molar-refractivity contribution is -0.132. The van der Waals surface area contributed by atoms with E-state index >= 15 is 0 Å². The number of hydrogen-bond acceptors (Lipinski definition) is 4. The van der Waals surface area contributed by atoms with E-state index in [1.807, 2.05) is 42.5 Å². The van der Waals surface area contributed by atoms with Crippen LogP contribution in [0.5, 0.6) is 0 Å². The van der Waals surface area contributed by atoms with Crippen molar-refractivity contribution >= 4 is 27.5 Å². The van der Waals surface area contributed by atoms with Crippen LogP contribution in [0.15, 0.2) is 65.7 Å². The maximum absolute atomic E-state index is 14.1. The van der Waals surface area contributed by atoms with Gasteiger partial charge in [-0.1, -0.05) is 42.5 Å². The van der Waals surface area contributed by atoms with E-state index in [1.54, 1.807) is 11.0 Å². The van der Waals surface area contributed by atoms with Crippen LogP contribution in [0.1, 0.15) is 11.1 Å². The lowest BCUT2D eigenvalue weighted by Crippen LogP contribution is -2.40. The third-order valence-electron chi connectivity index (χ3n) is 5.45. The van der Waals surface area contributed by atoms with E-state index in [-0.39, 0.29) is 30.4 Å². The van der Waals surface area contributed by atoms with Crippen molar-refractivity contribution in [2.45, 2.75) is 19.5 Å². The molecule has 2 aromatic carbocycles. The molecule has 1 aliphatic rings. The third-order valence-corrected chi connectivity index (χ3v) is 6.54. The highest BCUT2D eigenvalue weighted by Gasteiger charge is 2.23. The number of fused-ring (bicyclic) bond motifs is 2. The SMILES string of the molecule is O=C(Cn1cnc2sc(-c3ccccc3)cc2c1=O)N1CCc2cccc(F)c2C1. The summed E-state index contributed by atoms with van der Waals surface area (Å²) in [7, 11) is 0. The van der Waals surface area contributed by atoms with Crippen LogP contribution in [-0.4, -0.2) is 26.9 Å². The Bertz CT molecular complexity index is 1310. The Balaban J connectivity index is 1.40. The van der Waals surface area contributed by atoms with E-state index in [4.69, 9.17) is 0 Å². The molecule has 0 N–H and O–H groups in total. The summed E-state index contributed by atoms with van der Waals surface area (Å²) in [5.74, 6) is -0.511. The average Bonchev–Trinajstić information content (AvgIpc) is 3.22. The molecular formula is C23H18FN3O2S. The second-order valence-corrected chi connectivity index (χ2v) is 8.35. The van der Waals surface area contributed by atoms with Gasteiger partial charge in [0, 0.05) is 23.5 Å². The van der Waals surface area contributed by atoms with Crippen molar-refractivity contribution in [2.24, 2.45) is 0 Å². The van der Waals surface area contributed by atoms with Gasteiger partial charge < -0.3 is 4.90 Å². The van der Waals surface area contributed by atoms with Crippen LogP contribution in [0.4, 0.5) is 4.39 Å². The van der Waals surface area contributed by atoms with Crippen LogP contribution in [0.25, 0.3) is 20.7 Å². The summed E-state index contributed by atoms with van der Waals surface area (Å²) in [4.78, 5) is 33.4. The van der Waals surface area contributed by atoms with E-state index in [1.165, 1.54) is 28.3 Å². The summed E-state index contributed by atoms with van der Waals surface area (Å²) in [6.45, 7) is 0.625. The van der Waals surface area contributed by atoms with Gasteiger partial charge in [-0.3, -0.25) is 14.2 Å². The number of amides is 1. The summed E-state index contributed by atoms with van der Waals surface area (Å²) in [5, 5.41) is 0.504. The van der Waals surface area contributed by atoms with Crippen molar-refractivity contribution in [3.05, 3.63) is 88.2 Å². The van der Waals surface area contributed by atoms with Gasteiger partial charge in [0.15, 0.2) is 0 Å². The molecule has 7 heteroatoms. The minimum absolute atomic E-state index is 0.109. The molecule has 0 bridgehead atoms. The van der Waals surface area contributed by atoms with Crippen molar-refractivity contribution in [1.82, 2.24) is 14.5 Å². The molecule has 1 amide bonds. The summed E-state index contributed by atoms with van der Waals surface area (Å²) >= 11 is 1.45. The summed E-state index contributed by atoms with van der Waals surface area (Å²) in [6.07, 6.45) is 2.03. The zero-order chi connectivity index (χ0) is 20.7. The molecule has 0 spiro atoms. The van der Waals surface area contributed by atoms with Crippen LogP contribution >= 0.6 is 11.3 Å². The van der Waals surface area contributed by atoms with Crippen molar-refractivity contribution in [3.63, 3.8) is 0 Å². The molecular weight excluding hydrogens is 401 g/mol. The smallest absolute Gasteiger partial charge is 0.262 e. The first-order valence-corrected chi connectivity index (χ1v) is 10.5. The van der Waals surface area contributed by atoms with Gasteiger partial charge in [0.05, 0.1) is 11.7 Å². The zero-order valence-corrected chi connectivity index (χ0v) is 16.9. The molecule has 0 fully saturated rings. The van der Waals surface area contributed by atoms with Gasteiger partial charge in [-0.2, -0.15) is 0 Å². The molecule has 1 aliphatic heterocycles. The number of carbonyl (C=O) groups excluding carboxylic acids is 1. The molecule has 0 unspecified atom stereocenters. The van der Waals surface area contributed by atoms with Crippen molar-refractivity contribution < 1.29 is 9.18 Å². The highest BCUT2D eigenvalue weighted by atomic mass is 32.1. The average molecular weight is 419 g/mol. The number of aromatic nitrogens is 2. The summed E-state index contributed by atoms with van der Waals surface area (Å²) in [6, 6.07) is 16.6. The first kappa shape index (κ1) is 18.7. The Kier molecular flexibility index (Phi) is 4.67. The molecule has 150 valence electrons. The predicted octanol–water partition coefficient (Wildman–Crippen LogP) is 3.85. The topological polar surface area (TPSA) is 55.2 Å². The largest absolute Gasteiger partial charge is 0.336 e. The van der Waals surface area contributed by atoms with E-state index in [2.05, 4.69) is 4.98 Å². The van der Waals surface area contributed by atoms with Crippen LogP contribution in [-0.2, 0) is 24.3 Å². The van der Waals surface area contributed by atoms with Gasteiger partial charge in [-0.05, 0) is 29.7 Å². The molecule has 5 nitrogen and oxygen atoms in total. The van der Waals surface area contributed by atoms with Crippen LogP contribution in [0.3, 0.4) is 0 Å². The Hall–Kier alpha value is -3.32. The van der Waals surface area contributed by atoms with Gasteiger partial charge in [-0.25, -0.2) is 9.37 Å². The summed E-state index contributed by atoms with van der Waals surface area (Å²) in [5.41, 5.74) is 2.28. The van der Waals surface area contributed by atoms with Crippen molar-refractivity contribution in [1.29, 1.82) is 0 Å². The molecule has 0 aliphatic carbocycles. The number of nitrogens with zero attached hydrogens (tertiary/aromatic N) is 3. The Morgan fingerprint density at radius 3 is 2.80 bits per heavy atom. The predicted molar refractivity (Wildman–Crippen MR) is 115 cm³/mol. The number of thiophene rings is 1.